The number of benzene rings is 4. The van der Waals surface area contributed by atoms with Crippen molar-refractivity contribution >= 4 is 69.4 Å². The average molecular weight is 1440 g/mol. The van der Waals surface area contributed by atoms with Gasteiger partial charge in [0.2, 0.25) is 0 Å². The van der Waals surface area contributed by atoms with Crippen LogP contribution in [0, 0.1) is 0 Å². The number of aromatic nitrogens is 4. The van der Waals surface area contributed by atoms with E-state index in [2.05, 4.69) is 19.9 Å². The fourth-order valence-corrected chi connectivity index (χ4v) is 9.80. The minimum absolute atomic E-state index is 0. The van der Waals surface area contributed by atoms with Crippen LogP contribution in [-0.2, 0) is 33.0 Å². The molecule has 10 rings (SSSR count). The summed E-state index contributed by atoms with van der Waals surface area (Å²) in [5.41, 5.74) is 1.65. The van der Waals surface area contributed by atoms with Crippen LogP contribution in [0.15, 0.2) is 262 Å². The van der Waals surface area contributed by atoms with Crippen molar-refractivity contribution in [1.82, 2.24) is 19.9 Å². The summed E-state index contributed by atoms with van der Waals surface area (Å²) in [5, 5.41) is 44.4. The van der Waals surface area contributed by atoms with Crippen LogP contribution in [0.2, 0.25) is 0 Å². The maximum atomic E-state index is 12.5. The summed E-state index contributed by atoms with van der Waals surface area (Å²) in [6.07, 6.45) is -6.96. The third-order valence-corrected chi connectivity index (χ3v) is 13.8. The fourth-order valence-electron chi connectivity index (χ4n) is 7.45. The molecule has 0 N–H and O–H groups in total. The number of nitrogens with zero attached hydrogens (tertiary/aromatic N) is 6. The Morgan fingerprint density at radius 1 is 0.351 bits per heavy atom. The average Bonchev–Trinajstić information content (AvgIpc) is 0.784. The molecule has 496 valence electrons. The van der Waals surface area contributed by atoms with Gasteiger partial charge in [-0.25, -0.2) is 0 Å². The summed E-state index contributed by atoms with van der Waals surface area (Å²) < 4.78 is 149. The van der Waals surface area contributed by atoms with E-state index < -0.39 is 70.9 Å². The van der Waals surface area contributed by atoms with Crippen LogP contribution in [0.1, 0.15) is 55.3 Å². The van der Waals surface area contributed by atoms with Gasteiger partial charge in [0, 0.05) is 105 Å². The Bertz CT molecular complexity index is 3310. The van der Waals surface area contributed by atoms with E-state index in [9.17, 15) is 92.3 Å². The Labute approximate surface area is 557 Å². The topological polar surface area (TPSA) is 219 Å². The first-order chi connectivity index (χ1) is 43.4. The first kappa shape index (κ1) is 79.0. The van der Waals surface area contributed by atoms with Gasteiger partial charge in [-0.3, -0.25) is 39.1 Å². The SMILES string of the molecule is CCN1c2ccc(C(=O)/C=C(\[O-])C(F)(F)F)cc2Sc2cc(C(=O)/C=C(\[O-])C(F)(F)F)ccc21.CCN1c2ccc(C(=O)/C=C(\[O-])C(F)(F)F)cc2Sc2cc(C(=O)/C=C(\[O-])C(F)(F)F)ccc21.[Ni+2].[Ni+2].c1ccncc1.c1ccncc1.c1ccncc1.c1ccncc1. The van der Waals surface area contributed by atoms with Crippen LogP contribution < -0.4 is 30.2 Å². The molecule has 2 aliphatic heterocycles. The Morgan fingerprint density at radius 3 is 0.660 bits per heavy atom. The predicted molar refractivity (Wildman–Crippen MR) is 310 cm³/mol. The molecule has 30 heteroatoms. The number of halogens is 12. The van der Waals surface area contributed by atoms with Crippen molar-refractivity contribution in [2.75, 3.05) is 22.9 Å². The molecular weight excluding hydrogens is 1390 g/mol. The number of anilines is 4. The van der Waals surface area contributed by atoms with Gasteiger partial charge in [-0.1, -0.05) is 47.8 Å². The second kappa shape index (κ2) is 36.9. The van der Waals surface area contributed by atoms with Crippen molar-refractivity contribution in [1.29, 1.82) is 0 Å². The second-order valence-electron chi connectivity index (χ2n) is 18.0. The summed E-state index contributed by atoms with van der Waals surface area (Å²) in [6.45, 7) is 4.37. The molecular formula is C64H46F12N6Ni2O8S2. The number of ketones is 4. The summed E-state index contributed by atoms with van der Waals surface area (Å²) >= 11 is 2.05. The minimum Gasteiger partial charge on any atom is -0.869 e. The van der Waals surface area contributed by atoms with E-state index in [1.165, 1.54) is 72.8 Å². The molecule has 4 aromatic carbocycles. The summed E-state index contributed by atoms with van der Waals surface area (Å²) in [6, 6.07) is 39.0. The Morgan fingerprint density at radius 2 is 0.532 bits per heavy atom. The fraction of sp³-hybridized carbons (Fsp3) is 0.125. The van der Waals surface area contributed by atoms with Crippen molar-refractivity contribution < 1.29 is 125 Å². The summed E-state index contributed by atoms with van der Waals surface area (Å²) in [7, 11) is 0. The van der Waals surface area contributed by atoms with Gasteiger partial charge in [-0.15, -0.1) is 0 Å². The van der Waals surface area contributed by atoms with Gasteiger partial charge in [0.15, 0.2) is 23.1 Å². The van der Waals surface area contributed by atoms with Gasteiger partial charge in [-0.2, -0.15) is 52.7 Å². The maximum Gasteiger partial charge on any atom is 2.00 e. The smallest absolute Gasteiger partial charge is 0.869 e. The second-order valence-corrected chi connectivity index (χ2v) is 20.2. The molecule has 0 unspecified atom stereocenters. The summed E-state index contributed by atoms with van der Waals surface area (Å²) in [5.74, 6) is -13.8. The predicted octanol–water partition coefficient (Wildman–Crippen LogP) is 12.9. The van der Waals surface area contributed by atoms with Crippen molar-refractivity contribution in [3.05, 3.63) is 265 Å². The van der Waals surface area contributed by atoms with Gasteiger partial charge >= 0.3 is 57.7 Å². The molecule has 6 heterocycles. The van der Waals surface area contributed by atoms with Crippen molar-refractivity contribution in [3.63, 3.8) is 0 Å². The zero-order valence-corrected chi connectivity index (χ0v) is 51.7. The van der Waals surface area contributed by atoms with E-state index in [4.69, 9.17) is 0 Å². The van der Waals surface area contributed by atoms with Gasteiger partial charge in [0.05, 0.1) is 22.7 Å². The molecule has 0 saturated heterocycles. The zero-order valence-electron chi connectivity index (χ0n) is 48.1. The number of fused-ring (bicyclic) bond motifs is 4. The largest absolute Gasteiger partial charge is 2.00 e. The Kier molecular flexibility index (Phi) is 31.0. The first-order valence-electron chi connectivity index (χ1n) is 26.3. The zero-order chi connectivity index (χ0) is 67.8. The molecule has 4 aromatic heterocycles. The molecule has 0 saturated carbocycles. The molecule has 0 fully saturated rings. The van der Waals surface area contributed by atoms with Crippen LogP contribution >= 0.6 is 23.5 Å². The molecule has 8 aromatic rings. The van der Waals surface area contributed by atoms with Crippen LogP contribution in [0.4, 0.5) is 75.4 Å². The van der Waals surface area contributed by atoms with E-state index >= 15 is 0 Å². The van der Waals surface area contributed by atoms with Crippen molar-refractivity contribution in [2.24, 2.45) is 0 Å². The number of alkyl halides is 12. The molecule has 0 bridgehead atoms. The van der Waals surface area contributed by atoms with Crippen LogP contribution in [-0.4, -0.2) is 80.9 Å². The van der Waals surface area contributed by atoms with Crippen LogP contribution in [0.25, 0.3) is 0 Å². The molecule has 0 amide bonds. The minimum atomic E-state index is -5.19. The van der Waals surface area contributed by atoms with Gasteiger partial charge in [-0.05, 0) is 183 Å². The maximum absolute atomic E-state index is 12.5. The number of allylic oxidation sites excluding steroid dienone is 8. The number of hydrogen-bond acceptors (Lipinski definition) is 16. The summed E-state index contributed by atoms with van der Waals surface area (Å²) in [4.78, 5) is 68.9. The molecule has 0 spiro atoms. The van der Waals surface area contributed by atoms with E-state index in [-0.39, 0.29) is 79.5 Å². The number of hydrogen-bond donors (Lipinski definition) is 0. The van der Waals surface area contributed by atoms with E-state index in [1.807, 2.05) is 72.8 Å². The molecule has 0 atom stereocenters. The number of pyridine rings is 4. The normalized spacial score (nSPS) is 12.5. The van der Waals surface area contributed by atoms with Crippen molar-refractivity contribution in [2.45, 2.75) is 58.1 Å². The molecule has 94 heavy (non-hydrogen) atoms. The van der Waals surface area contributed by atoms with Crippen LogP contribution in [0.5, 0.6) is 0 Å². The molecule has 0 aliphatic carbocycles. The van der Waals surface area contributed by atoms with E-state index in [0.29, 0.717) is 55.4 Å². The van der Waals surface area contributed by atoms with Gasteiger partial charge < -0.3 is 30.2 Å². The first-order valence-corrected chi connectivity index (χ1v) is 28.0. The number of carbonyl (C=O) groups is 4. The Hall–Kier alpha value is -9.23. The van der Waals surface area contributed by atoms with Crippen LogP contribution in [0.3, 0.4) is 0 Å². The van der Waals surface area contributed by atoms with Gasteiger partial charge in [0.25, 0.3) is 0 Å². The molecule has 14 nitrogen and oxygen atoms in total. The molecule has 0 radical (unpaired) electrons. The Balaban J connectivity index is 0.000000353. The molecule has 2 aliphatic rings. The van der Waals surface area contributed by atoms with Crippen molar-refractivity contribution in [3.8, 4) is 0 Å². The third kappa shape index (κ3) is 24.3. The van der Waals surface area contributed by atoms with Gasteiger partial charge in [0.1, 0.15) is 0 Å². The van der Waals surface area contributed by atoms with E-state index in [0.717, 1.165) is 23.5 Å². The third-order valence-electron chi connectivity index (χ3n) is 11.6. The number of rotatable bonds is 10. The number of carbonyl (C=O) groups excluding carboxylic acids is 4. The monoisotopic (exact) mass is 1430 g/mol. The van der Waals surface area contributed by atoms with E-state index in [1.54, 1.807) is 73.2 Å². The quantitative estimate of drug-likeness (QED) is 0.0409. The standard InChI is InChI=1S/2C22H15F6NO4S.4C5H5N.2Ni/c2*1-2-29-13-5-3-11(15(30)9-19(32)21(23,24)25)7-17(13)34-18-8-12(4-6-14(18)29)16(31)10-20(33)22(26,27)28;4*1-2-4-6-5-3-1;;/h2*3-10,32-33H,2H2,1H3;4*1-5H;;/q;;;;;;2*+2/p-4/b2*19-9-,20-10-;;;;;;.